The molecule has 2 N–H and O–H groups in total. The molecule has 0 saturated heterocycles. The number of hydrogen-bond acceptors (Lipinski definition) is 3. The SMILES string of the molecule is O=C(O)C1(Oc2ccc(CCCO)cc2)CCCC1. The van der Waals surface area contributed by atoms with E-state index in [1.165, 1.54) is 0 Å². The van der Waals surface area contributed by atoms with Crippen LogP contribution in [0.15, 0.2) is 24.3 Å². The summed E-state index contributed by atoms with van der Waals surface area (Å²) in [6.45, 7) is 0.181. The number of ether oxygens (including phenoxy) is 1. The normalized spacial score (nSPS) is 17.3. The number of aliphatic carboxylic acids is 1. The molecule has 0 radical (unpaired) electrons. The van der Waals surface area contributed by atoms with Gasteiger partial charge in [0.05, 0.1) is 0 Å². The molecular weight excluding hydrogens is 244 g/mol. The van der Waals surface area contributed by atoms with Gasteiger partial charge in [0.1, 0.15) is 5.75 Å². The number of aliphatic hydroxyl groups excluding tert-OH is 1. The van der Waals surface area contributed by atoms with Crippen LogP contribution in [0.4, 0.5) is 0 Å². The molecule has 1 aromatic rings. The van der Waals surface area contributed by atoms with Crippen LogP contribution in [0.25, 0.3) is 0 Å². The van der Waals surface area contributed by atoms with E-state index in [9.17, 15) is 9.90 Å². The van der Waals surface area contributed by atoms with E-state index >= 15 is 0 Å². The van der Waals surface area contributed by atoms with Crippen LogP contribution in [0.3, 0.4) is 0 Å². The van der Waals surface area contributed by atoms with Crippen molar-refractivity contribution in [1.29, 1.82) is 0 Å². The zero-order valence-electron chi connectivity index (χ0n) is 11.0. The third-order valence-corrected chi connectivity index (χ3v) is 3.66. The van der Waals surface area contributed by atoms with Gasteiger partial charge < -0.3 is 14.9 Å². The Morgan fingerprint density at radius 3 is 2.37 bits per heavy atom. The molecule has 0 bridgehead atoms. The van der Waals surface area contributed by atoms with Crippen molar-refractivity contribution in [3.05, 3.63) is 29.8 Å². The van der Waals surface area contributed by atoms with E-state index in [2.05, 4.69) is 0 Å². The summed E-state index contributed by atoms with van der Waals surface area (Å²) in [6.07, 6.45) is 4.52. The van der Waals surface area contributed by atoms with Crippen LogP contribution in [0.5, 0.6) is 5.75 Å². The first-order chi connectivity index (χ1) is 9.16. The maximum absolute atomic E-state index is 11.4. The molecule has 4 nitrogen and oxygen atoms in total. The Kier molecular flexibility index (Phi) is 4.43. The van der Waals surface area contributed by atoms with Crippen LogP contribution >= 0.6 is 0 Å². The van der Waals surface area contributed by atoms with Crippen LogP contribution in [0.2, 0.25) is 0 Å². The zero-order chi connectivity index (χ0) is 13.7. The highest BCUT2D eigenvalue weighted by Crippen LogP contribution is 2.34. The number of rotatable bonds is 6. The van der Waals surface area contributed by atoms with E-state index < -0.39 is 11.6 Å². The highest BCUT2D eigenvalue weighted by molar-refractivity contribution is 5.78. The van der Waals surface area contributed by atoms with Crippen LogP contribution < -0.4 is 4.74 Å². The van der Waals surface area contributed by atoms with Gasteiger partial charge in [-0.1, -0.05) is 12.1 Å². The number of aliphatic hydroxyl groups is 1. The minimum absolute atomic E-state index is 0.181. The van der Waals surface area contributed by atoms with E-state index in [0.29, 0.717) is 18.6 Å². The van der Waals surface area contributed by atoms with Gasteiger partial charge in [-0.3, -0.25) is 0 Å². The number of carboxylic acids is 1. The molecule has 1 saturated carbocycles. The quantitative estimate of drug-likeness (QED) is 0.828. The summed E-state index contributed by atoms with van der Waals surface area (Å²) in [5, 5.41) is 18.1. The predicted molar refractivity (Wildman–Crippen MR) is 71.3 cm³/mol. The minimum atomic E-state index is -1.04. The second kappa shape index (κ2) is 6.06. The molecule has 4 heteroatoms. The molecule has 2 rings (SSSR count). The molecule has 1 aromatic carbocycles. The lowest BCUT2D eigenvalue weighted by atomic mass is 10.0. The van der Waals surface area contributed by atoms with Gasteiger partial charge in [0.2, 0.25) is 5.60 Å². The van der Waals surface area contributed by atoms with Gasteiger partial charge >= 0.3 is 5.97 Å². The molecule has 1 aliphatic carbocycles. The van der Waals surface area contributed by atoms with Crippen LogP contribution in [0.1, 0.15) is 37.7 Å². The van der Waals surface area contributed by atoms with E-state index in [0.717, 1.165) is 31.2 Å². The topological polar surface area (TPSA) is 66.8 Å². The van der Waals surface area contributed by atoms with Gasteiger partial charge in [-0.2, -0.15) is 0 Å². The minimum Gasteiger partial charge on any atom is -0.478 e. The molecule has 1 fully saturated rings. The lowest BCUT2D eigenvalue weighted by Gasteiger charge is -2.25. The van der Waals surface area contributed by atoms with Crippen molar-refractivity contribution in [3.63, 3.8) is 0 Å². The van der Waals surface area contributed by atoms with Crippen molar-refractivity contribution in [2.75, 3.05) is 6.61 Å². The average molecular weight is 264 g/mol. The van der Waals surface area contributed by atoms with Crippen molar-refractivity contribution in [2.45, 2.75) is 44.1 Å². The largest absolute Gasteiger partial charge is 0.478 e. The predicted octanol–water partition coefficient (Wildman–Crippen LogP) is 2.39. The summed E-state index contributed by atoms with van der Waals surface area (Å²) >= 11 is 0. The standard InChI is InChI=1S/C15H20O4/c16-11-3-4-12-5-7-13(8-6-12)19-15(14(17)18)9-1-2-10-15/h5-8,16H,1-4,9-11H2,(H,17,18). The maximum Gasteiger partial charge on any atom is 0.348 e. The number of benzene rings is 1. The van der Waals surface area contributed by atoms with Gasteiger partial charge in [-0.15, -0.1) is 0 Å². The summed E-state index contributed by atoms with van der Waals surface area (Å²) in [4.78, 5) is 11.4. The summed E-state index contributed by atoms with van der Waals surface area (Å²) in [6, 6.07) is 7.48. The molecule has 0 aliphatic heterocycles. The highest BCUT2D eigenvalue weighted by Gasteiger charge is 2.43. The molecule has 1 aliphatic rings. The van der Waals surface area contributed by atoms with E-state index in [1.807, 2.05) is 24.3 Å². The lowest BCUT2D eigenvalue weighted by Crippen LogP contribution is -2.41. The number of hydrogen-bond donors (Lipinski definition) is 2. The Hall–Kier alpha value is -1.55. The molecule has 0 amide bonds. The Bertz CT molecular complexity index is 418. The Morgan fingerprint density at radius 2 is 1.84 bits per heavy atom. The van der Waals surface area contributed by atoms with Gasteiger partial charge in [0, 0.05) is 6.61 Å². The van der Waals surface area contributed by atoms with Crippen LogP contribution in [0, 0.1) is 0 Å². The summed E-state index contributed by atoms with van der Waals surface area (Å²) in [5.41, 5.74) is 0.0873. The number of aryl methyl sites for hydroxylation is 1. The fourth-order valence-electron chi connectivity index (χ4n) is 2.54. The Labute approximate surface area is 113 Å². The van der Waals surface area contributed by atoms with Crippen molar-refractivity contribution < 1.29 is 19.7 Å². The Morgan fingerprint density at radius 1 is 1.21 bits per heavy atom. The molecule has 0 heterocycles. The summed E-state index contributed by atoms with van der Waals surface area (Å²) < 4.78 is 5.73. The van der Waals surface area contributed by atoms with E-state index in [4.69, 9.17) is 9.84 Å². The van der Waals surface area contributed by atoms with E-state index in [1.54, 1.807) is 0 Å². The van der Waals surface area contributed by atoms with Crippen molar-refractivity contribution in [3.8, 4) is 5.75 Å². The maximum atomic E-state index is 11.4. The van der Waals surface area contributed by atoms with Gasteiger partial charge in [-0.05, 0) is 56.2 Å². The highest BCUT2D eigenvalue weighted by atomic mass is 16.5. The summed E-state index contributed by atoms with van der Waals surface area (Å²) in [5.74, 6) is -0.258. The van der Waals surface area contributed by atoms with Gasteiger partial charge in [0.25, 0.3) is 0 Å². The lowest BCUT2D eigenvalue weighted by molar-refractivity contribution is -0.154. The fraction of sp³-hybridized carbons (Fsp3) is 0.533. The van der Waals surface area contributed by atoms with Crippen molar-refractivity contribution in [1.82, 2.24) is 0 Å². The molecule has 0 atom stereocenters. The van der Waals surface area contributed by atoms with Crippen molar-refractivity contribution in [2.24, 2.45) is 0 Å². The van der Waals surface area contributed by atoms with E-state index in [-0.39, 0.29) is 6.61 Å². The molecule has 0 unspecified atom stereocenters. The first-order valence-electron chi connectivity index (χ1n) is 6.78. The molecule has 104 valence electrons. The average Bonchev–Trinajstić information content (AvgIpc) is 2.88. The monoisotopic (exact) mass is 264 g/mol. The zero-order valence-corrected chi connectivity index (χ0v) is 11.0. The smallest absolute Gasteiger partial charge is 0.348 e. The van der Waals surface area contributed by atoms with Crippen LogP contribution in [-0.2, 0) is 11.2 Å². The van der Waals surface area contributed by atoms with Gasteiger partial charge in [0.15, 0.2) is 0 Å². The number of carboxylic acid groups (broad SMARTS) is 1. The fourth-order valence-corrected chi connectivity index (χ4v) is 2.54. The molecule has 0 aromatic heterocycles. The third kappa shape index (κ3) is 3.26. The second-order valence-corrected chi connectivity index (χ2v) is 5.08. The van der Waals surface area contributed by atoms with Crippen LogP contribution in [-0.4, -0.2) is 28.4 Å². The molecule has 0 spiro atoms. The molecular formula is C15H20O4. The Balaban J connectivity index is 2.04. The van der Waals surface area contributed by atoms with Gasteiger partial charge in [-0.25, -0.2) is 4.79 Å². The summed E-state index contributed by atoms with van der Waals surface area (Å²) in [7, 11) is 0. The third-order valence-electron chi connectivity index (χ3n) is 3.66. The first-order valence-corrected chi connectivity index (χ1v) is 6.78. The molecule has 19 heavy (non-hydrogen) atoms. The first kappa shape index (κ1) is 13.9. The second-order valence-electron chi connectivity index (χ2n) is 5.08. The van der Waals surface area contributed by atoms with Crippen molar-refractivity contribution >= 4 is 5.97 Å². The number of carbonyl (C=O) groups is 1.